The Morgan fingerprint density at radius 2 is 1.78 bits per heavy atom. The zero-order valence-corrected chi connectivity index (χ0v) is 27.1. The third-order valence-corrected chi connectivity index (χ3v) is 10.2. The molecule has 1 saturated carbocycles. The number of imide groups is 1. The van der Waals surface area contributed by atoms with Crippen LogP contribution in [0.1, 0.15) is 48.8 Å². The standard InChI is InChI=1S/C36H37F2N9O2/c1-22-14-29(31(38)17-30(22)37)32-19-40-34(35-39-8-9-46(32)35)42-25-18-41-47(21-25)27-15-23(16-27)20-44-10-12-45(13-11-44)26-4-2-24(3-5-26)28-6-7-33(48)43-36(28)49/h2-5,8-9,14,17-19,21,23,27-28H,6-7,10-13,15-16,20H2,1H3,(H,40,42)(H,43,48,49). The number of nitrogens with one attached hydrogen (secondary N) is 2. The van der Waals surface area contributed by atoms with Crippen molar-refractivity contribution in [1.29, 1.82) is 0 Å². The van der Waals surface area contributed by atoms with Crippen LogP contribution < -0.4 is 15.5 Å². The predicted octanol–water partition coefficient (Wildman–Crippen LogP) is 5.22. The van der Waals surface area contributed by atoms with Gasteiger partial charge in [0, 0.05) is 75.1 Å². The number of nitrogens with zero attached hydrogens (tertiary/aromatic N) is 7. The van der Waals surface area contributed by atoms with Crippen LogP contribution >= 0.6 is 0 Å². The highest BCUT2D eigenvalue weighted by Crippen LogP contribution is 2.39. The van der Waals surface area contributed by atoms with Gasteiger partial charge in [0.05, 0.1) is 35.7 Å². The molecule has 3 aromatic heterocycles. The summed E-state index contributed by atoms with van der Waals surface area (Å²) in [6.07, 6.45) is 11.8. The Labute approximate surface area is 281 Å². The quantitative estimate of drug-likeness (QED) is 0.217. The van der Waals surface area contributed by atoms with Crippen LogP contribution in [0.3, 0.4) is 0 Å². The first-order chi connectivity index (χ1) is 23.8. The second-order valence-corrected chi connectivity index (χ2v) is 13.4. The summed E-state index contributed by atoms with van der Waals surface area (Å²) in [6.45, 7) is 6.61. The van der Waals surface area contributed by atoms with E-state index in [0.29, 0.717) is 47.5 Å². The van der Waals surface area contributed by atoms with E-state index < -0.39 is 11.6 Å². The summed E-state index contributed by atoms with van der Waals surface area (Å²) in [4.78, 5) is 37.6. The van der Waals surface area contributed by atoms with E-state index in [-0.39, 0.29) is 23.3 Å². The smallest absolute Gasteiger partial charge is 0.234 e. The van der Waals surface area contributed by atoms with Crippen LogP contribution in [-0.2, 0) is 9.59 Å². The number of aromatic nitrogens is 5. The fourth-order valence-corrected chi connectivity index (χ4v) is 7.35. The highest BCUT2D eigenvalue weighted by atomic mass is 19.1. The van der Waals surface area contributed by atoms with Crippen molar-refractivity contribution in [1.82, 2.24) is 34.4 Å². The zero-order valence-electron chi connectivity index (χ0n) is 27.1. The molecule has 8 rings (SSSR count). The van der Waals surface area contributed by atoms with Crippen molar-refractivity contribution in [3.63, 3.8) is 0 Å². The van der Waals surface area contributed by atoms with Gasteiger partial charge in [-0.1, -0.05) is 12.1 Å². The topological polar surface area (TPSA) is 113 Å². The molecule has 0 bridgehead atoms. The Morgan fingerprint density at radius 3 is 2.55 bits per heavy atom. The molecule has 1 aliphatic carbocycles. The molecule has 2 aliphatic heterocycles. The molecule has 3 aliphatic rings. The molecule has 49 heavy (non-hydrogen) atoms. The lowest BCUT2D eigenvalue weighted by atomic mass is 9.80. The second-order valence-electron chi connectivity index (χ2n) is 13.4. The van der Waals surface area contributed by atoms with Crippen LogP contribution in [0, 0.1) is 24.5 Å². The van der Waals surface area contributed by atoms with Gasteiger partial charge in [-0.05, 0) is 61.4 Å². The van der Waals surface area contributed by atoms with Crippen molar-refractivity contribution in [3.05, 3.63) is 90.1 Å². The first-order valence-corrected chi connectivity index (χ1v) is 16.8. The van der Waals surface area contributed by atoms with Crippen molar-refractivity contribution < 1.29 is 18.4 Å². The van der Waals surface area contributed by atoms with Gasteiger partial charge in [-0.25, -0.2) is 18.7 Å². The van der Waals surface area contributed by atoms with Gasteiger partial charge >= 0.3 is 0 Å². The molecule has 3 fully saturated rings. The van der Waals surface area contributed by atoms with E-state index in [1.165, 1.54) is 11.8 Å². The number of benzene rings is 2. The number of rotatable bonds is 8. The number of hydrogen-bond donors (Lipinski definition) is 2. The third-order valence-electron chi connectivity index (χ3n) is 10.2. The molecule has 0 spiro atoms. The number of halogens is 2. The Morgan fingerprint density at radius 1 is 0.980 bits per heavy atom. The lowest BCUT2D eigenvalue weighted by Crippen LogP contribution is -2.49. The molecule has 2 aromatic carbocycles. The molecule has 252 valence electrons. The molecule has 0 radical (unpaired) electrons. The van der Waals surface area contributed by atoms with Crippen molar-refractivity contribution in [3.8, 4) is 11.3 Å². The molecule has 13 heteroatoms. The molecular weight excluding hydrogens is 628 g/mol. The number of amides is 2. The van der Waals surface area contributed by atoms with Gasteiger partial charge in [0.15, 0.2) is 11.5 Å². The van der Waals surface area contributed by atoms with Gasteiger partial charge in [0.1, 0.15) is 11.6 Å². The average Bonchev–Trinajstić information content (AvgIpc) is 3.76. The Kier molecular flexibility index (Phi) is 8.06. The minimum Gasteiger partial charge on any atom is -0.369 e. The van der Waals surface area contributed by atoms with Gasteiger partial charge in [-0.2, -0.15) is 5.10 Å². The minimum atomic E-state index is -0.654. The van der Waals surface area contributed by atoms with Gasteiger partial charge in [0.25, 0.3) is 0 Å². The van der Waals surface area contributed by atoms with E-state index >= 15 is 0 Å². The van der Waals surface area contributed by atoms with Crippen LogP contribution in [0.4, 0.5) is 26.0 Å². The van der Waals surface area contributed by atoms with E-state index in [2.05, 4.69) is 47.6 Å². The number of carbonyl (C=O) groups is 2. The molecule has 2 saturated heterocycles. The Bertz CT molecular complexity index is 2030. The van der Waals surface area contributed by atoms with E-state index in [9.17, 15) is 18.4 Å². The van der Waals surface area contributed by atoms with Gasteiger partial charge in [-0.15, -0.1) is 0 Å². The number of carbonyl (C=O) groups excluding carboxylic acids is 2. The van der Waals surface area contributed by atoms with Crippen LogP contribution in [0.2, 0.25) is 0 Å². The molecule has 1 unspecified atom stereocenters. The first kappa shape index (κ1) is 31.1. The fourth-order valence-electron chi connectivity index (χ4n) is 7.35. The van der Waals surface area contributed by atoms with E-state index in [1.54, 1.807) is 36.1 Å². The average molecular weight is 666 g/mol. The molecule has 1 atom stereocenters. The summed E-state index contributed by atoms with van der Waals surface area (Å²) in [5.74, 6) is -0.742. The number of anilines is 3. The number of hydrogen-bond acceptors (Lipinski definition) is 8. The predicted molar refractivity (Wildman–Crippen MR) is 181 cm³/mol. The SMILES string of the molecule is Cc1cc(-c2cnc(Nc3cnn(C4CC(CN5CCN(c6ccc(C7CCC(=O)NC7=O)cc6)CC5)C4)c3)c3nccn23)c(F)cc1F. The number of fused-ring (bicyclic) bond motifs is 1. The number of aryl methyl sites for hydroxylation is 1. The summed E-state index contributed by atoms with van der Waals surface area (Å²) in [5, 5.41) is 10.4. The third kappa shape index (κ3) is 6.14. The lowest BCUT2D eigenvalue weighted by molar-refractivity contribution is -0.134. The van der Waals surface area contributed by atoms with Crippen molar-refractivity contribution in [2.75, 3.05) is 42.9 Å². The molecule has 5 heterocycles. The molecular formula is C36H37F2N9O2. The molecule has 2 amide bonds. The van der Waals surface area contributed by atoms with Crippen LogP contribution in [0.15, 0.2) is 67.4 Å². The summed E-state index contributed by atoms with van der Waals surface area (Å²) in [7, 11) is 0. The van der Waals surface area contributed by atoms with Gasteiger partial charge in [0.2, 0.25) is 11.8 Å². The maximum Gasteiger partial charge on any atom is 0.234 e. The van der Waals surface area contributed by atoms with Crippen molar-refractivity contribution in [2.24, 2.45) is 5.92 Å². The van der Waals surface area contributed by atoms with E-state index in [0.717, 1.165) is 62.9 Å². The Hall–Kier alpha value is -5.17. The Balaban J connectivity index is 0.828. The first-order valence-electron chi connectivity index (χ1n) is 16.8. The lowest BCUT2D eigenvalue weighted by Gasteiger charge is -2.42. The molecule has 11 nitrogen and oxygen atoms in total. The fraction of sp³-hybridized carbons (Fsp3) is 0.361. The number of imidazole rings is 1. The van der Waals surface area contributed by atoms with Crippen molar-refractivity contribution in [2.45, 2.75) is 44.6 Å². The van der Waals surface area contributed by atoms with Crippen LogP contribution in [0.25, 0.3) is 16.9 Å². The molecule has 5 aromatic rings. The highest BCUT2D eigenvalue weighted by molar-refractivity contribution is 6.01. The van der Waals surface area contributed by atoms with E-state index in [4.69, 9.17) is 0 Å². The summed E-state index contributed by atoms with van der Waals surface area (Å²) in [5.41, 5.74) is 4.54. The highest BCUT2D eigenvalue weighted by Gasteiger charge is 2.33. The largest absolute Gasteiger partial charge is 0.369 e. The van der Waals surface area contributed by atoms with E-state index in [1.807, 2.05) is 23.0 Å². The monoisotopic (exact) mass is 665 g/mol. The number of piperidine rings is 1. The van der Waals surface area contributed by atoms with Gasteiger partial charge in [-0.3, -0.25) is 28.9 Å². The summed E-state index contributed by atoms with van der Waals surface area (Å²) >= 11 is 0. The van der Waals surface area contributed by atoms with Crippen molar-refractivity contribution >= 4 is 34.7 Å². The maximum atomic E-state index is 14.7. The van der Waals surface area contributed by atoms with Crippen LogP contribution in [0.5, 0.6) is 0 Å². The molecule has 2 N–H and O–H groups in total. The maximum absolute atomic E-state index is 14.7. The normalized spacial score (nSPS) is 21.5. The van der Waals surface area contributed by atoms with Crippen LogP contribution in [-0.4, -0.2) is 73.6 Å². The van der Waals surface area contributed by atoms with Gasteiger partial charge < -0.3 is 10.2 Å². The summed E-state index contributed by atoms with van der Waals surface area (Å²) < 4.78 is 32.3. The number of piperazine rings is 1. The minimum absolute atomic E-state index is 0.189. The summed E-state index contributed by atoms with van der Waals surface area (Å²) in [6, 6.07) is 11.0. The zero-order chi connectivity index (χ0) is 33.6. The second kappa shape index (κ2) is 12.7.